The van der Waals surface area contributed by atoms with Crippen molar-refractivity contribution in [1.82, 2.24) is 14.8 Å². The van der Waals surface area contributed by atoms with Crippen molar-refractivity contribution in [2.45, 2.75) is 5.41 Å². The topological polar surface area (TPSA) is 30.7 Å². The molecule has 0 fully saturated rings. The second-order valence-corrected chi connectivity index (χ2v) is 11.1. The van der Waals surface area contributed by atoms with Gasteiger partial charge in [-0.05, 0) is 52.6 Å². The van der Waals surface area contributed by atoms with E-state index in [4.69, 9.17) is 10.1 Å². The normalized spacial score (nSPS) is 11.6. The molecule has 0 unspecified atom stereocenters. The van der Waals surface area contributed by atoms with Gasteiger partial charge in [-0.3, -0.25) is 0 Å². The summed E-state index contributed by atoms with van der Waals surface area (Å²) in [4.78, 5) is 5.24. The molecule has 3 nitrogen and oxygen atoms in total. The van der Waals surface area contributed by atoms with Crippen LogP contribution in [0.25, 0.3) is 38.9 Å². The minimum atomic E-state index is -0.524. The largest absolute Gasteiger partial charge is 0.228 e. The molecule has 0 aliphatic rings. The molecule has 8 aromatic rings. The van der Waals surface area contributed by atoms with Gasteiger partial charge in [0.05, 0.1) is 16.6 Å². The summed E-state index contributed by atoms with van der Waals surface area (Å²) >= 11 is 0. The number of rotatable bonds is 6. The van der Waals surface area contributed by atoms with Gasteiger partial charge in [-0.2, -0.15) is 5.10 Å². The molecular weight excluding hydrogens is 534 g/mol. The Morgan fingerprint density at radius 2 is 0.955 bits per heavy atom. The third kappa shape index (κ3) is 4.21. The van der Waals surface area contributed by atoms with Crippen molar-refractivity contribution in [3.8, 4) is 16.9 Å². The van der Waals surface area contributed by atoms with Crippen molar-refractivity contribution in [1.29, 1.82) is 0 Å². The zero-order valence-electron chi connectivity index (χ0n) is 24.1. The van der Waals surface area contributed by atoms with Crippen LogP contribution in [0, 0.1) is 0 Å². The van der Waals surface area contributed by atoms with Gasteiger partial charge in [-0.15, -0.1) is 0 Å². The molecule has 0 aliphatic heterocycles. The number of hydrogen-bond donors (Lipinski definition) is 0. The molecule has 2 aromatic heterocycles. The molecule has 0 radical (unpaired) electrons. The molecule has 208 valence electrons. The van der Waals surface area contributed by atoms with Gasteiger partial charge in [-0.1, -0.05) is 146 Å². The molecule has 2 heterocycles. The van der Waals surface area contributed by atoms with E-state index in [1.54, 1.807) is 0 Å². The average molecular weight is 564 g/mol. The van der Waals surface area contributed by atoms with Crippen LogP contribution in [-0.2, 0) is 5.41 Å². The molecular formula is C41H29N3. The standard InChI is InChI=1S/C41H29N3/c1-6-16-30(17-7-1)39-37-29-31-28-35(26-27-38(31)42-40(37)44(43-39)36-24-14-5-15-25-36)41(32-18-8-2-9-19-32,33-20-10-3-11-21-33)34-22-12-4-13-23-34/h1-29H. The molecule has 3 heteroatoms. The lowest BCUT2D eigenvalue weighted by molar-refractivity contribution is 0.746. The quantitative estimate of drug-likeness (QED) is 0.189. The molecule has 0 saturated carbocycles. The summed E-state index contributed by atoms with van der Waals surface area (Å²) in [5.41, 5.74) is 9.06. The van der Waals surface area contributed by atoms with Crippen LogP contribution >= 0.6 is 0 Å². The second kappa shape index (κ2) is 10.8. The highest BCUT2D eigenvalue weighted by molar-refractivity contribution is 5.99. The lowest BCUT2D eigenvalue weighted by Crippen LogP contribution is -2.30. The number of hydrogen-bond acceptors (Lipinski definition) is 2. The van der Waals surface area contributed by atoms with E-state index in [1.807, 2.05) is 28.9 Å². The van der Waals surface area contributed by atoms with E-state index in [2.05, 4.69) is 152 Å². The van der Waals surface area contributed by atoms with Gasteiger partial charge < -0.3 is 0 Å². The Bertz CT molecular complexity index is 2090. The van der Waals surface area contributed by atoms with E-state index in [-0.39, 0.29) is 0 Å². The van der Waals surface area contributed by atoms with Crippen molar-refractivity contribution in [2.75, 3.05) is 0 Å². The minimum Gasteiger partial charge on any atom is -0.228 e. The van der Waals surface area contributed by atoms with E-state index < -0.39 is 5.41 Å². The van der Waals surface area contributed by atoms with Crippen LogP contribution in [0.3, 0.4) is 0 Å². The van der Waals surface area contributed by atoms with Crippen LogP contribution in [-0.4, -0.2) is 14.8 Å². The number of pyridine rings is 1. The zero-order chi connectivity index (χ0) is 29.3. The van der Waals surface area contributed by atoms with Crippen LogP contribution in [0.4, 0.5) is 0 Å². The predicted molar refractivity (Wildman–Crippen MR) is 180 cm³/mol. The van der Waals surface area contributed by atoms with Gasteiger partial charge in [0, 0.05) is 16.3 Å². The monoisotopic (exact) mass is 563 g/mol. The molecule has 8 rings (SSSR count). The molecule has 0 aliphatic carbocycles. The Morgan fingerprint density at radius 3 is 1.50 bits per heavy atom. The summed E-state index contributed by atoms with van der Waals surface area (Å²) in [6.07, 6.45) is 0. The summed E-state index contributed by atoms with van der Waals surface area (Å²) in [6.45, 7) is 0. The summed E-state index contributed by atoms with van der Waals surface area (Å²) < 4.78 is 1.97. The summed E-state index contributed by atoms with van der Waals surface area (Å²) in [5.74, 6) is 0. The molecule has 6 aromatic carbocycles. The van der Waals surface area contributed by atoms with Crippen LogP contribution in [0.15, 0.2) is 176 Å². The number of benzene rings is 6. The maximum Gasteiger partial charge on any atom is 0.164 e. The highest BCUT2D eigenvalue weighted by atomic mass is 15.3. The molecule has 0 amide bonds. The van der Waals surface area contributed by atoms with E-state index in [0.29, 0.717) is 0 Å². The first kappa shape index (κ1) is 25.9. The van der Waals surface area contributed by atoms with Crippen molar-refractivity contribution in [2.24, 2.45) is 0 Å². The Morgan fingerprint density at radius 1 is 0.455 bits per heavy atom. The lowest BCUT2D eigenvalue weighted by Gasteiger charge is -2.37. The van der Waals surface area contributed by atoms with E-state index in [9.17, 15) is 0 Å². The fraction of sp³-hybridized carbons (Fsp3) is 0.0244. The number of aromatic nitrogens is 3. The third-order valence-corrected chi connectivity index (χ3v) is 8.55. The summed E-state index contributed by atoms with van der Waals surface area (Å²) in [5, 5.41) is 7.22. The zero-order valence-corrected chi connectivity index (χ0v) is 24.1. The SMILES string of the molecule is c1ccc(-c2nn(-c3ccccc3)c3nc4ccc(C(c5ccccc5)(c5ccccc5)c5ccccc5)cc4cc23)cc1. The van der Waals surface area contributed by atoms with Gasteiger partial charge >= 0.3 is 0 Å². The van der Waals surface area contributed by atoms with Gasteiger partial charge in [-0.25, -0.2) is 9.67 Å². The first-order valence-corrected chi connectivity index (χ1v) is 14.9. The van der Waals surface area contributed by atoms with Gasteiger partial charge in [0.2, 0.25) is 0 Å². The Hall–Kier alpha value is -5.80. The molecule has 0 spiro atoms. The van der Waals surface area contributed by atoms with Crippen molar-refractivity contribution >= 4 is 21.9 Å². The van der Waals surface area contributed by atoms with Crippen LogP contribution < -0.4 is 0 Å². The van der Waals surface area contributed by atoms with E-state index in [1.165, 1.54) is 22.3 Å². The van der Waals surface area contributed by atoms with Crippen molar-refractivity contribution in [3.05, 3.63) is 198 Å². The van der Waals surface area contributed by atoms with Gasteiger partial charge in [0.25, 0.3) is 0 Å². The van der Waals surface area contributed by atoms with Crippen LogP contribution in [0.1, 0.15) is 22.3 Å². The maximum atomic E-state index is 5.24. The molecule has 0 atom stereocenters. The lowest BCUT2D eigenvalue weighted by atomic mass is 9.65. The second-order valence-electron chi connectivity index (χ2n) is 11.1. The maximum absolute atomic E-state index is 5.24. The Kier molecular flexibility index (Phi) is 6.35. The van der Waals surface area contributed by atoms with Gasteiger partial charge in [0.15, 0.2) is 5.65 Å². The minimum absolute atomic E-state index is 0.524. The fourth-order valence-corrected chi connectivity index (χ4v) is 6.56. The van der Waals surface area contributed by atoms with Crippen LogP contribution in [0.5, 0.6) is 0 Å². The number of para-hydroxylation sites is 1. The highest BCUT2D eigenvalue weighted by Crippen LogP contribution is 2.46. The third-order valence-electron chi connectivity index (χ3n) is 8.55. The van der Waals surface area contributed by atoms with E-state index in [0.717, 1.165) is 38.9 Å². The predicted octanol–water partition coefficient (Wildman–Crippen LogP) is 9.62. The molecule has 0 bridgehead atoms. The Labute approximate surface area is 256 Å². The van der Waals surface area contributed by atoms with Crippen molar-refractivity contribution in [3.63, 3.8) is 0 Å². The van der Waals surface area contributed by atoms with Crippen LogP contribution in [0.2, 0.25) is 0 Å². The highest BCUT2D eigenvalue weighted by Gasteiger charge is 2.38. The van der Waals surface area contributed by atoms with E-state index >= 15 is 0 Å². The first-order chi connectivity index (χ1) is 21.8. The average Bonchev–Trinajstić information content (AvgIpc) is 3.48. The summed E-state index contributed by atoms with van der Waals surface area (Å²) in [7, 11) is 0. The Balaban J connectivity index is 1.43. The molecule has 0 N–H and O–H groups in total. The number of fused-ring (bicyclic) bond motifs is 2. The number of nitrogens with zero attached hydrogens (tertiary/aromatic N) is 3. The van der Waals surface area contributed by atoms with Crippen molar-refractivity contribution < 1.29 is 0 Å². The smallest absolute Gasteiger partial charge is 0.164 e. The first-order valence-electron chi connectivity index (χ1n) is 14.9. The summed E-state index contributed by atoms with van der Waals surface area (Å²) in [6, 6.07) is 62.1. The molecule has 0 saturated heterocycles. The van der Waals surface area contributed by atoms with Gasteiger partial charge in [0.1, 0.15) is 5.69 Å². The fourth-order valence-electron chi connectivity index (χ4n) is 6.56. The molecule has 44 heavy (non-hydrogen) atoms.